The first kappa shape index (κ1) is 31.6. The standard InChI is InChI=1S/C28H36F9N3O/c1-2-7-23(41-24(27(32,33)34)28(35,36)37)39-14-9-25(10-15-39)8-6-13-40(25)19-20-16-21(26(29,30)31)18-22(17-20)38-11-4-3-5-12-38/h7,16-18,24H,2-6,8-15,19H2,1H3/b23-7+. The molecule has 0 radical (unpaired) electrons. The molecule has 41 heavy (non-hydrogen) atoms. The minimum atomic E-state index is -5.62. The van der Waals surface area contributed by atoms with Crippen molar-refractivity contribution in [1.29, 1.82) is 0 Å². The Labute approximate surface area is 234 Å². The number of rotatable bonds is 7. The molecule has 0 saturated carbocycles. The second-order valence-electron chi connectivity index (χ2n) is 11.2. The normalized spacial score (nSPS) is 21.3. The number of hydrogen-bond donors (Lipinski definition) is 0. The topological polar surface area (TPSA) is 19.0 Å². The zero-order valence-corrected chi connectivity index (χ0v) is 22.9. The predicted molar refractivity (Wildman–Crippen MR) is 136 cm³/mol. The molecule has 3 fully saturated rings. The Morgan fingerprint density at radius 3 is 2.02 bits per heavy atom. The first-order valence-electron chi connectivity index (χ1n) is 14.1. The highest BCUT2D eigenvalue weighted by molar-refractivity contribution is 5.52. The summed E-state index contributed by atoms with van der Waals surface area (Å²) in [7, 11) is 0. The lowest BCUT2D eigenvalue weighted by Crippen LogP contribution is -2.52. The Hall–Kier alpha value is -2.31. The van der Waals surface area contributed by atoms with Crippen molar-refractivity contribution >= 4 is 5.69 Å². The first-order valence-corrected chi connectivity index (χ1v) is 14.1. The van der Waals surface area contributed by atoms with Crippen molar-refractivity contribution in [2.75, 3.05) is 37.6 Å². The highest BCUT2D eigenvalue weighted by Crippen LogP contribution is 2.43. The van der Waals surface area contributed by atoms with E-state index in [1.807, 2.05) is 11.0 Å². The molecule has 0 aromatic heterocycles. The maximum Gasteiger partial charge on any atom is 0.434 e. The van der Waals surface area contributed by atoms with Crippen LogP contribution < -0.4 is 4.90 Å². The van der Waals surface area contributed by atoms with Gasteiger partial charge in [-0.15, -0.1) is 0 Å². The molecular weight excluding hydrogens is 565 g/mol. The van der Waals surface area contributed by atoms with Crippen LogP contribution in [-0.4, -0.2) is 66.5 Å². The van der Waals surface area contributed by atoms with Crippen molar-refractivity contribution in [3.05, 3.63) is 41.3 Å². The number of alkyl halides is 9. The molecule has 0 N–H and O–H groups in total. The number of likely N-dealkylation sites (tertiary alicyclic amines) is 2. The minimum Gasteiger partial charge on any atom is -0.457 e. The highest BCUT2D eigenvalue weighted by atomic mass is 19.4. The number of anilines is 1. The van der Waals surface area contributed by atoms with E-state index >= 15 is 0 Å². The van der Waals surface area contributed by atoms with Crippen molar-refractivity contribution < 1.29 is 44.3 Å². The first-order chi connectivity index (χ1) is 19.1. The summed E-state index contributed by atoms with van der Waals surface area (Å²) in [4.78, 5) is 5.53. The van der Waals surface area contributed by atoms with E-state index in [9.17, 15) is 39.5 Å². The third kappa shape index (κ3) is 7.56. The molecule has 1 aromatic carbocycles. The van der Waals surface area contributed by atoms with E-state index in [-0.39, 0.29) is 26.1 Å². The van der Waals surface area contributed by atoms with E-state index in [2.05, 4.69) is 9.64 Å². The van der Waals surface area contributed by atoms with Crippen LogP contribution in [0.5, 0.6) is 0 Å². The van der Waals surface area contributed by atoms with Crippen LogP contribution >= 0.6 is 0 Å². The van der Waals surface area contributed by atoms with Crippen LogP contribution in [0.15, 0.2) is 30.2 Å². The number of piperidine rings is 2. The summed E-state index contributed by atoms with van der Waals surface area (Å²) in [6.07, 6.45) is -13.0. The zero-order chi connectivity index (χ0) is 30.1. The van der Waals surface area contributed by atoms with Crippen LogP contribution in [0.1, 0.15) is 69.4 Å². The molecule has 0 bridgehead atoms. The van der Waals surface area contributed by atoms with Crippen LogP contribution in [0.2, 0.25) is 0 Å². The lowest BCUT2D eigenvalue weighted by Gasteiger charge is -2.46. The SMILES string of the molecule is CC/C=C(/OC(C(F)(F)F)C(F)(F)F)N1CCC2(CCCN2Cc2cc(N3CCCCC3)cc(C(F)(F)F)c2)CC1. The summed E-state index contributed by atoms with van der Waals surface area (Å²) in [5.74, 6) is -0.449. The lowest BCUT2D eigenvalue weighted by molar-refractivity contribution is -0.317. The smallest absolute Gasteiger partial charge is 0.434 e. The molecule has 3 saturated heterocycles. The van der Waals surface area contributed by atoms with Gasteiger partial charge in [0.2, 0.25) is 0 Å². The second kappa shape index (κ2) is 12.1. The van der Waals surface area contributed by atoms with Crippen LogP contribution in [0, 0.1) is 0 Å². The van der Waals surface area contributed by atoms with Crippen LogP contribution in [0.3, 0.4) is 0 Å². The molecule has 3 aliphatic heterocycles. The predicted octanol–water partition coefficient (Wildman–Crippen LogP) is 7.89. The average molecular weight is 602 g/mol. The number of hydrogen-bond acceptors (Lipinski definition) is 4. The van der Waals surface area contributed by atoms with Crippen LogP contribution in [0.4, 0.5) is 45.2 Å². The molecule has 0 aliphatic carbocycles. The lowest BCUT2D eigenvalue weighted by atomic mass is 9.84. The summed E-state index contributed by atoms with van der Waals surface area (Å²) >= 11 is 0. The molecule has 1 aromatic rings. The van der Waals surface area contributed by atoms with Gasteiger partial charge in [0.25, 0.3) is 6.10 Å². The number of allylic oxidation sites excluding steroid dienone is 1. The Kier molecular flexibility index (Phi) is 9.35. The summed E-state index contributed by atoms with van der Waals surface area (Å²) in [5.41, 5.74) is -0.0138. The molecule has 3 aliphatic rings. The van der Waals surface area contributed by atoms with Crippen LogP contribution in [-0.2, 0) is 17.5 Å². The van der Waals surface area contributed by atoms with Gasteiger partial charge in [-0.2, -0.15) is 39.5 Å². The van der Waals surface area contributed by atoms with E-state index in [0.29, 0.717) is 43.7 Å². The highest BCUT2D eigenvalue weighted by Gasteiger charge is 2.59. The van der Waals surface area contributed by atoms with Gasteiger partial charge in [-0.3, -0.25) is 4.90 Å². The second-order valence-corrected chi connectivity index (χ2v) is 11.2. The van der Waals surface area contributed by atoms with Gasteiger partial charge < -0.3 is 14.5 Å². The van der Waals surface area contributed by atoms with Gasteiger partial charge >= 0.3 is 18.5 Å². The third-order valence-electron chi connectivity index (χ3n) is 8.36. The minimum absolute atomic E-state index is 0.173. The van der Waals surface area contributed by atoms with Gasteiger partial charge in [-0.25, -0.2) is 0 Å². The Bertz CT molecular complexity index is 1040. The van der Waals surface area contributed by atoms with Gasteiger partial charge in [-0.1, -0.05) is 6.92 Å². The summed E-state index contributed by atoms with van der Waals surface area (Å²) < 4.78 is 125. The van der Waals surface area contributed by atoms with E-state index in [0.717, 1.165) is 32.1 Å². The molecule has 0 atom stereocenters. The van der Waals surface area contributed by atoms with Gasteiger partial charge in [0.1, 0.15) is 0 Å². The van der Waals surface area contributed by atoms with Crippen LogP contribution in [0.25, 0.3) is 0 Å². The van der Waals surface area contributed by atoms with Gasteiger partial charge in [0, 0.05) is 44.0 Å². The fourth-order valence-corrected chi connectivity index (χ4v) is 6.30. The maximum absolute atomic E-state index is 13.8. The van der Waals surface area contributed by atoms with E-state index in [1.54, 1.807) is 6.92 Å². The number of nitrogens with zero attached hydrogens (tertiary/aromatic N) is 3. The summed E-state index contributed by atoms with van der Waals surface area (Å²) in [6.45, 7) is 4.26. The third-order valence-corrected chi connectivity index (χ3v) is 8.36. The number of benzene rings is 1. The quantitative estimate of drug-likeness (QED) is 0.234. The Morgan fingerprint density at radius 2 is 1.46 bits per heavy atom. The fraction of sp³-hybridized carbons (Fsp3) is 0.714. The fourth-order valence-electron chi connectivity index (χ4n) is 6.30. The maximum atomic E-state index is 13.8. The largest absolute Gasteiger partial charge is 0.457 e. The molecule has 3 heterocycles. The van der Waals surface area contributed by atoms with Crippen molar-refractivity contribution in [1.82, 2.24) is 9.80 Å². The molecule has 232 valence electrons. The molecular formula is C28H36F9N3O. The Morgan fingerprint density at radius 1 is 0.829 bits per heavy atom. The molecule has 0 unspecified atom stereocenters. The molecule has 4 rings (SSSR count). The molecule has 4 nitrogen and oxygen atoms in total. The van der Waals surface area contributed by atoms with Gasteiger partial charge in [0.15, 0.2) is 5.88 Å². The summed E-state index contributed by atoms with van der Waals surface area (Å²) in [5, 5.41) is 0. The van der Waals surface area contributed by atoms with Gasteiger partial charge in [-0.05, 0) is 87.7 Å². The monoisotopic (exact) mass is 601 g/mol. The van der Waals surface area contributed by atoms with Crippen molar-refractivity contribution in [3.63, 3.8) is 0 Å². The average Bonchev–Trinajstić information content (AvgIpc) is 3.26. The van der Waals surface area contributed by atoms with E-state index < -0.39 is 41.6 Å². The van der Waals surface area contributed by atoms with Gasteiger partial charge in [0.05, 0.1) is 5.56 Å². The summed E-state index contributed by atoms with van der Waals surface area (Å²) in [6, 6.07) is 4.19. The van der Waals surface area contributed by atoms with Crippen molar-refractivity contribution in [2.24, 2.45) is 0 Å². The zero-order valence-electron chi connectivity index (χ0n) is 22.9. The molecule has 13 heteroatoms. The van der Waals surface area contributed by atoms with Crippen molar-refractivity contribution in [3.8, 4) is 0 Å². The Balaban J connectivity index is 1.50. The number of halogens is 9. The van der Waals surface area contributed by atoms with E-state index in [4.69, 9.17) is 0 Å². The molecule has 1 spiro atoms. The molecule has 0 amide bonds. The number of ether oxygens (including phenoxy) is 1. The van der Waals surface area contributed by atoms with E-state index in [1.165, 1.54) is 23.1 Å². The van der Waals surface area contributed by atoms with Crippen molar-refractivity contribution in [2.45, 2.75) is 95.0 Å².